The molecule has 0 aromatic carbocycles. The minimum atomic E-state index is -4.34. The molecule has 0 aliphatic carbocycles. The molecule has 0 atom stereocenters. The molecule has 1 aromatic heterocycles. The van der Waals surface area contributed by atoms with E-state index in [9.17, 15) is 13.2 Å². The van der Waals surface area contributed by atoms with Crippen molar-refractivity contribution in [2.75, 3.05) is 24.7 Å². The molecule has 0 saturated carbocycles. The Bertz CT molecular complexity index is 336. The molecule has 0 saturated heterocycles. The van der Waals surface area contributed by atoms with Gasteiger partial charge in [0.05, 0.1) is 6.61 Å². The average Bonchev–Trinajstić information content (AvgIpc) is 2.09. The van der Waals surface area contributed by atoms with Crippen molar-refractivity contribution in [2.45, 2.75) is 12.6 Å². The summed E-state index contributed by atoms with van der Waals surface area (Å²) in [5, 5.41) is 0. The van der Waals surface area contributed by atoms with Crippen LogP contribution >= 0.6 is 0 Å². The van der Waals surface area contributed by atoms with Crippen LogP contribution in [0.3, 0.4) is 0 Å². The van der Waals surface area contributed by atoms with Crippen molar-refractivity contribution >= 4 is 11.9 Å². The van der Waals surface area contributed by atoms with Crippen LogP contribution in [0.2, 0.25) is 0 Å². The summed E-state index contributed by atoms with van der Waals surface area (Å²) in [5.74, 6) is 0.0591. The van der Waals surface area contributed by atoms with Crippen LogP contribution in [0, 0.1) is 0 Å². The fourth-order valence-corrected chi connectivity index (χ4v) is 0.920. The van der Waals surface area contributed by atoms with Crippen molar-refractivity contribution in [3.8, 4) is 0 Å². The van der Waals surface area contributed by atoms with Crippen LogP contribution < -0.4 is 11.5 Å². The highest BCUT2D eigenvalue weighted by atomic mass is 19.4. The lowest BCUT2D eigenvalue weighted by molar-refractivity contribution is -0.173. The maximum atomic E-state index is 11.7. The molecule has 0 aliphatic heterocycles. The van der Waals surface area contributed by atoms with Gasteiger partial charge in [-0.15, -0.1) is 0 Å². The number of anilines is 2. The number of nitrogen functional groups attached to an aromatic ring is 2. The van der Waals surface area contributed by atoms with Crippen LogP contribution in [0.4, 0.5) is 25.1 Å². The quantitative estimate of drug-likeness (QED) is 0.723. The predicted octanol–water partition coefficient (Wildman–Crippen LogP) is 0.157. The van der Waals surface area contributed by atoms with Gasteiger partial charge >= 0.3 is 6.18 Å². The molecule has 1 heterocycles. The molecule has 90 valence electrons. The predicted molar refractivity (Wildman–Crippen MR) is 49.2 cm³/mol. The SMILES string of the molecule is Nc1nc(N)nc(CCOCC(F)(F)F)n1. The Hall–Kier alpha value is -1.64. The van der Waals surface area contributed by atoms with Crippen LogP contribution in [0.1, 0.15) is 5.82 Å². The fraction of sp³-hybridized carbons (Fsp3) is 0.571. The molecular formula is C7H10F3N5O. The molecule has 9 heteroatoms. The first-order valence-electron chi connectivity index (χ1n) is 4.27. The Labute approximate surface area is 88.8 Å². The molecule has 0 radical (unpaired) electrons. The van der Waals surface area contributed by atoms with Gasteiger partial charge in [0.2, 0.25) is 11.9 Å². The van der Waals surface area contributed by atoms with Crippen molar-refractivity contribution in [1.29, 1.82) is 0 Å². The summed E-state index contributed by atoms with van der Waals surface area (Å²) in [6, 6.07) is 0. The van der Waals surface area contributed by atoms with E-state index in [1.54, 1.807) is 0 Å². The summed E-state index contributed by atoms with van der Waals surface area (Å²) in [5.41, 5.74) is 10.5. The Balaban J connectivity index is 2.37. The first kappa shape index (κ1) is 12.4. The molecule has 0 aliphatic rings. The summed E-state index contributed by atoms with van der Waals surface area (Å²) in [6.45, 7) is -1.47. The van der Waals surface area contributed by atoms with Crippen molar-refractivity contribution in [3.05, 3.63) is 5.82 Å². The maximum Gasteiger partial charge on any atom is 0.411 e. The molecule has 0 bridgehead atoms. The zero-order valence-corrected chi connectivity index (χ0v) is 8.16. The third-order valence-corrected chi connectivity index (χ3v) is 1.45. The van der Waals surface area contributed by atoms with Crippen molar-refractivity contribution in [1.82, 2.24) is 15.0 Å². The highest BCUT2D eigenvalue weighted by Crippen LogP contribution is 2.14. The molecule has 4 N–H and O–H groups in total. The Morgan fingerprint density at radius 2 is 1.62 bits per heavy atom. The molecule has 0 unspecified atom stereocenters. The van der Waals surface area contributed by atoms with Gasteiger partial charge in [-0.05, 0) is 0 Å². The smallest absolute Gasteiger partial charge is 0.372 e. The second-order valence-corrected chi connectivity index (χ2v) is 2.89. The topological polar surface area (TPSA) is 99.9 Å². The number of ether oxygens (including phenoxy) is 1. The largest absolute Gasteiger partial charge is 0.411 e. The first-order chi connectivity index (χ1) is 7.37. The van der Waals surface area contributed by atoms with Gasteiger partial charge < -0.3 is 16.2 Å². The lowest BCUT2D eigenvalue weighted by atomic mass is 10.4. The van der Waals surface area contributed by atoms with Gasteiger partial charge in [-0.3, -0.25) is 0 Å². The van der Waals surface area contributed by atoms with E-state index in [1.807, 2.05) is 0 Å². The van der Waals surface area contributed by atoms with Crippen LogP contribution in [0.15, 0.2) is 0 Å². The number of alkyl halides is 3. The van der Waals surface area contributed by atoms with Gasteiger partial charge in [0.25, 0.3) is 0 Å². The number of hydrogen-bond donors (Lipinski definition) is 2. The van der Waals surface area contributed by atoms with Crippen molar-refractivity contribution in [2.24, 2.45) is 0 Å². The number of hydrogen-bond acceptors (Lipinski definition) is 6. The van der Waals surface area contributed by atoms with E-state index in [1.165, 1.54) is 0 Å². The molecule has 0 spiro atoms. The van der Waals surface area contributed by atoms with E-state index in [0.717, 1.165) is 0 Å². The standard InChI is InChI=1S/C7H10F3N5O/c8-7(9,10)3-16-2-1-4-13-5(11)15-6(12)14-4/h1-3H2,(H4,11,12,13,14,15). The van der Waals surface area contributed by atoms with Crippen LogP contribution in [-0.4, -0.2) is 34.3 Å². The number of nitrogens with zero attached hydrogens (tertiary/aromatic N) is 3. The molecular weight excluding hydrogens is 227 g/mol. The van der Waals surface area contributed by atoms with Gasteiger partial charge in [0.15, 0.2) is 0 Å². The lowest BCUT2D eigenvalue weighted by Gasteiger charge is -2.07. The van der Waals surface area contributed by atoms with Crippen LogP contribution in [-0.2, 0) is 11.2 Å². The third-order valence-electron chi connectivity index (χ3n) is 1.45. The normalized spacial score (nSPS) is 11.7. The van der Waals surface area contributed by atoms with Gasteiger partial charge in [0.1, 0.15) is 12.4 Å². The lowest BCUT2D eigenvalue weighted by Crippen LogP contribution is -2.18. The number of rotatable bonds is 4. The average molecular weight is 237 g/mol. The van der Waals surface area contributed by atoms with E-state index >= 15 is 0 Å². The summed E-state index contributed by atoms with van der Waals surface area (Å²) in [7, 11) is 0. The monoisotopic (exact) mass is 237 g/mol. The highest BCUT2D eigenvalue weighted by Gasteiger charge is 2.27. The minimum Gasteiger partial charge on any atom is -0.372 e. The van der Waals surface area contributed by atoms with Crippen LogP contribution in [0.5, 0.6) is 0 Å². The molecule has 1 aromatic rings. The van der Waals surface area contributed by atoms with E-state index < -0.39 is 12.8 Å². The molecule has 1 rings (SSSR count). The summed E-state index contributed by atoms with van der Waals surface area (Å²) < 4.78 is 39.5. The molecule has 0 fully saturated rings. The number of nitrogens with two attached hydrogens (primary N) is 2. The van der Waals surface area contributed by atoms with Gasteiger partial charge in [0, 0.05) is 6.42 Å². The zero-order valence-electron chi connectivity index (χ0n) is 8.16. The van der Waals surface area contributed by atoms with Gasteiger partial charge in [-0.25, -0.2) is 0 Å². The van der Waals surface area contributed by atoms with Gasteiger partial charge in [-0.2, -0.15) is 28.1 Å². The molecule has 0 amide bonds. The van der Waals surface area contributed by atoms with Crippen LogP contribution in [0.25, 0.3) is 0 Å². The van der Waals surface area contributed by atoms with E-state index in [-0.39, 0.29) is 30.7 Å². The first-order valence-corrected chi connectivity index (χ1v) is 4.27. The molecule has 16 heavy (non-hydrogen) atoms. The zero-order chi connectivity index (χ0) is 12.2. The Morgan fingerprint density at radius 1 is 1.06 bits per heavy atom. The third kappa shape index (κ3) is 4.73. The van der Waals surface area contributed by atoms with E-state index in [2.05, 4.69) is 19.7 Å². The maximum absolute atomic E-state index is 11.7. The fourth-order valence-electron chi connectivity index (χ4n) is 0.920. The van der Waals surface area contributed by atoms with Gasteiger partial charge in [-0.1, -0.05) is 0 Å². The summed E-state index contributed by atoms with van der Waals surface area (Å²) in [6.07, 6.45) is -4.25. The van der Waals surface area contributed by atoms with E-state index in [0.29, 0.717) is 0 Å². The number of halogens is 3. The van der Waals surface area contributed by atoms with Crippen molar-refractivity contribution < 1.29 is 17.9 Å². The Morgan fingerprint density at radius 3 is 2.12 bits per heavy atom. The second kappa shape index (κ2) is 4.92. The minimum absolute atomic E-state index is 0.0710. The second-order valence-electron chi connectivity index (χ2n) is 2.89. The highest BCUT2D eigenvalue weighted by molar-refractivity contribution is 5.25. The number of aromatic nitrogens is 3. The van der Waals surface area contributed by atoms with E-state index in [4.69, 9.17) is 11.5 Å². The summed E-state index contributed by atoms with van der Waals surface area (Å²) in [4.78, 5) is 10.9. The van der Waals surface area contributed by atoms with Crippen molar-refractivity contribution in [3.63, 3.8) is 0 Å². The molecule has 6 nitrogen and oxygen atoms in total. The Kier molecular flexibility index (Phi) is 3.82. The summed E-state index contributed by atoms with van der Waals surface area (Å²) >= 11 is 0.